The van der Waals surface area contributed by atoms with E-state index in [9.17, 15) is 0 Å². The quantitative estimate of drug-likeness (QED) is 0.659. The zero-order valence-electron chi connectivity index (χ0n) is 7.41. The maximum Gasteiger partial charge on any atom is 0.145 e. The molecule has 3 heteroatoms. The molecule has 0 spiro atoms. The van der Waals surface area contributed by atoms with E-state index >= 15 is 0 Å². The van der Waals surface area contributed by atoms with E-state index < -0.39 is 0 Å². The molecule has 2 heterocycles. The summed E-state index contributed by atoms with van der Waals surface area (Å²) in [6.45, 7) is 0.854. The first-order chi connectivity index (χ1) is 5.79. The van der Waals surface area contributed by atoms with Gasteiger partial charge in [-0.3, -0.25) is 4.90 Å². The third-order valence-electron chi connectivity index (χ3n) is 2.12. The summed E-state index contributed by atoms with van der Waals surface area (Å²) in [5.41, 5.74) is 1.46. The first-order valence-electron chi connectivity index (χ1n) is 4.13. The molecule has 2 rings (SSSR count). The SMILES string of the molecule is CN(C)[C@H]1OCCc2ccsc21. The molecule has 1 atom stereocenters. The second-order valence-electron chi connectivity index (χ2n) is 3.25. The van der Waals surface area contributed by atoms with Crippen LogP contribution in [0.3, 0.4) is 0 Å². The van der Waals surface area contributed by atoms with Crippen LogP contribution in [0, 0.1) is 0 Å². The molecule has 0 radical (unpaired) electrons. The highest BCUT2D eigenvalue weighted by Crippen LogP contribution is 2.32. The van der Waals surface area contributed by atoms with Crippen LogP contribution in [0.2, 0.25) is 0 Å². The number of thiophene rings is 1. The fourth-order valence-corrected chi connectivity index (χ4v) is 2.61. The van der Waals surface area contributed by atoms with Gasteiger partial charge in [-0.25, -0.2) is 0 Å². The van der Waals surface area contributed by atoms with Crippen LogP contribution in [0.4, 0.5) is 0 Å². The molecule has 0 saturated heterocycles. The lowest BCUT2D eigenvalue weighted by Crippen LogP contribution is -2.26. The number of hydrogen-bond acceptors (Lipinski definition) is 3. The van der Waals surface area contributed by atoms with E-state index in [0.717, 1.165) is 13.0 Å². The van der Waals surface area contributed by atoms with E-state index in [4.69, 9.17) is 4.74 Å². The minimum absolute atomic E-state index is 0.189. The standard InChI is InChI=1S/C9H13NOS/c1-10(2)9-8-7(3-5-11-9)4-6-12-8/h4,6,9H,3,5H2,1-2H3/t9-/m0/s1. The van der Waals surface area contributed by atoms with Crippen LogP contribution in [0.1, 0.15) is 16.7 Å². The lowest BCUT2D eigenvalue weighted by molar-refractivity contribution is -0.0441. The Bertz CT molecular complexity index is 269. The molecule has 2 nitrogen and oxygen atoms in total. The first kappa shape index (κ1) is 8.23. The fourth-order valence-electron chi connectivity index (χ4n) is 1.51. The second kappa shape index (κ2) is 3.17. The highest BCUT2D eigenvalue weighted by Gasteiger charge is 2.23. The monoisotopic (exact) mass is 183 g/mol. The molecule has 1 aliphatic heterocycles. The zero-order chi connectivity index (χ0) is 8.55. The second-order valence-corrected chi connectivity index (χ2v) is 4.19. The molecular formula is C9H13NOS. The smallest absolute Gasteiger partial charge is 0.145 e. The third kappa shape index (κ3) is 1.28. The molecule has 0 N–H and O–H groups in total. The van der Waals surface area contributed by atoms with Crippen molar-refractivity contribution in [3.05, 3.63) is 21.9 Å². The number of hydrogen-bond donors (Lipinski definition) is 0. The normalized spacial score (nSPS) is 22.8. The fraction of sp³-hybridized carbons (Fsp3) is 0.556. The van der Waals surface area contributed by atoms with Crippen molar-refractivity contribution in [2.45, 2.75) is 12.6 Å². The van der Waals surface area contributed by atoms with Crippen molar-refractivity contribution in [1.82, 2.24) is 4.90 Å². The Balaban J connectivity index is 2.31. The Hall–Kier alpha value is -0.380. The summed E-state index contributed by atoms with van der Waals surface area (Å²) < 4.78 is 5.66. The van der Waals surface area contributed by atoms with Gasteiger partial charge in [0.25, 0.3) is 0 Å². The Morgan fingerprint density at radius 3 is 3.17 bits per heavy atom. The number of fused-ring (bicyclic) bond motifs is 1. The summed E-state index contributed by atoms with van der Waals surface area (Å²) in [6.07, 6.45) is 1.26. The van der Waals surface area contributed by atoms with Gasteiger partial charge in [0, 0.05) is 0 Å². The predicted octanol–water partition coefficient (Wildman–Crippen LogP) is 1.88. The first-order valence-corrected chi connectivity index (χ1v) is 5.01. The van der Waals surface area contributed by atoms with Crippen molar-refractivity contribution in [3.8, 4) is 0 Å². The van der Waals surface area contributed by atoms with Crippen LogP contribution in [0.15, 0.2) is 11.4 Å². The third-order valence-corrected chi connectivity index (χ3v) is 3.11. The van der Waals surface area contributed by atoms with Gasteiger partial charge >= 0.3 is 0 Å². The van der Waals surface area contributed by atoms with Gasteiger partial charge in [-0.2, -0.15) is 0 Å². The van der Waals surface area contributed by atoms with Gasteiger partial charge in [0.05, 0.1) is 11.5 Å². The maximum atomic E-state index is 5.66. The van der Waals surface area contributed by atoms with Gasteiger partial charge < -0.3 is 4.74 Å². The van der Waals surface area contributed by atoms with Crippen LogP contribution < -0.4 is 0 Å². The van der Waals surface area contributed by atoms with Crippen molar-refractivity contribution in [3.63, 3.8) is 0 Å². The molecule has 0 fully saturated rings. The number of nitrogens with zero attached hydrogens (tertiary/aromatic N) is 1. The van der Waals surface area contributed by atoms with Gasteiger partial charge in [0.1, 0.15) is 6.23 Å². The van der Waals surface area contributed by atoms with E-state index in [1.807, 2.05) is 0 Å². The van der Waals surface area contributed by atoms with Gasteiger partial charge in [-0.05, 0) is 37.5 Å². The van der Waals surface area contributed by atoms with Crippen molar-refractivity contribution >= 4 is 11.3 Å². The molecule has 0 aromatic carbocycles. The Kier molecular flexibility index (Phi) is 2.17. The van der Waals surface area contributed by atoms with Crippen LogP contribution >= 0.6 is 11.3 Å². The molecular weight excluding hydrogens is 170 g/mol. The van der Waals surface area contributed by atoms with Gasteiger partial charge in [0.2, 0.25) is 0 Å². The minimum atomic E-state index is 0.189. The van der Waals surface area contributed by atoms with Crippen LogP contribution in [-0.4, -0.2) is 25.6 Å². The molecule has 0 aliphatic carbocycles. The van der Waals surface area contributed by atoms with E-state index in [2.05, 4.69) is 30.4 Å². The molecule has 66 valence electrons. The van der Waals surface area contributed by atoms with E-state index in [1.54, 1.807) is 11.3 Å². The van der Waals surface area contributed by atoms with E-state index in [1.165, 1.54) is 10.4 Å². The highest BCUT2D eigenvalue weighted by atomic mass is 32.1. The molecule has 0 saturated carbocycles. The molecule has 12 heavy (non-hydrogen) atoms. The minimum Gasteiger partial charge on any atom is -0.358 e. The average Bonchev–Trinajstić information content (AvgIpc) is 2.49. The van der Waals surface area contributed by atoms with Crippen molar-refractivity contribution in [2.24, 2.45) is 0 Å². The summed E-state index contributed by atoms with van der Waals surface area (Å²) in [5, 5.41) is 2.15. The van der Waals surface area contributed by atoms with Crippen molar-refractivity contribution in [1.29, 1.82) is 0 Å². The Labute approximate surface area is 76.8 Å². The molecule has 1 aromatic heterocycles. The summed E-state index contributed by atoms with van der Waals surface area (Å²) in [7, 11) is 4.11. The summed E-state index contributed by atoms with van der Waals surface area (Å²) in [5.74, 6) is 0. The summed E-state index contributed by atoms with van der Waals surface area (Å²) in [6, 6.07) is 2.21. The maximum absolute atomic E-state index is 5.66. The van der Waals surface area contributed by atoms with Crippen molar-refractivity contribution < 1.29 is 4.74 Å². The number of ether oxygens (including phenoxy) is 1. The Morgan fingerprint density at radius 1 is 1.58 bits per heavy atom. The highest BCUT2D eigenvalue weighted by molar-refractivity contribution is 7.10. The van der Waals surface area contributed by atoms with Gasteiger partial charge in [-0.15, -0.1) is 11.3 Å². The summed E-state index contributed by atoms with van der Waals surface area (Å²) >= 11 is 1.80. The van der Waals surface area contributed by atoms with Gasteiger partial charge in [0.15, 0.2) is 0 Å². The lowest BCUT2D eigenvalue weighted by atomic mass is 10.1. The van der Waals surface area contributed by atoms with Crippen LogP contribution in [0.25, 0.3) is 0 Å². The largest absolute Gasteiger partial charge is 0.358 e. The lowest BCUT2D eigenvalue weighted by Gasteiger charge is -2.28. The van der Waals surface area contributed by atoms with E-state index in [0.29, 0.717) is 0 Å². The Morgan fingerprint density at radius 2 is 2.42 bits per heavy atom. The molecule has 0 bridgehead atoms. The van der Waals surface area contributed by atoms with E-state index in [-0.39, 0.29) is 6.23 Å². The van der Waals surface area contributed by atoms with Crippen LogP contribution in [0.5, 0.6) is 0 Å². The molecule has 0 unspecified atom stereocenters. The molecule has 1 aromatic rings. The topological polar surface area (TPSA) is 12.5 Å². The van der Waals surface area contributed by atoms with Crippen molar-refractivity contribution in [2.75, 3.05) is 20.7 Å². The predicted molar refractivity (Wildman–Crippen MR) is 50.4 cm³/mol. The molecule has 0 amide bonds. The molecule has 1 aliphatic rings. The van der Waals surface area contributed by atoms with Gasteiger partial charge in [-0.1, -0.05) is 0 Å². The average molecular weight is 183 g/mol. The number of rotatable bonds is 1. The zero-order valence-corrected chi connectivity index (χ0v) is 8.23. The van der Waals surface area contributed by atoms with Crippen LogP contribution in [-0.2, 0) is 11.2 Å². The summed E-state index contributed by atoms with van der Waals surface area (Å²) in [4.78, 5) is 3.50.